The molecule has 0 aliphatic rings. The lowest BCUT2D eigenvalue weighted by atomic mass is 9.72. The fraction of sp³-hybridized carbons (Fsp3) is 0.571. The highest BCUT2D eigenvalue weighted by Crippen LogP contribution is 2.37. The van der Waals surface area contributed by atoms with Crippen molar-refractivity contribution in [3.05, 3.63) is 35.9 Å². The quantitative estimate of drug-likeness (QED) is 0.690. The van der Waals surface area contributed by atoms with E-state index in [0.29, 0.717) is 5.41 Å². The van der Waals surface area contributed by atoms with Gasteiger partial charge in [-0.1, -0.05) is 74.0 Å². The first-order valence-corrected chi connectivity index (χ1v) is 6.61. The fourth-order valence-electron chi connectivity index (χ4n) is 2.24. The predicted molar refractivity (Wildman–Crippen MR) is 71.7 cm³/mol. The summed E-state index contributed by atoms with van der Waals surface area (Å²) in [5, 5.41) is 1.05. The fourth-order valence-corrected chi connectivity index (χ4v) is 2.43. The SMILES string of the molecule is CC(C)(CBr)CC(C)(C)c1ccccc1. The molecule has 0 radical (unpaired) electrons. The van der Waals surface area contributed by atoms with E-state index in [9.17, 15) is 0 Å². The molecule has 1 aromatic rings. The Labute approximate surface area is 102 Å². The molecule has 0 unspecified atom stereocenters. The van der Waals surface area contributed by atoms with Gasteiger partial charge in [0.05, 0.1) is 0 Å². The Kier molecular flexibility index (Phi) is 3.99. The van der Waals surface area contributed by atoms with Crippen molar-refractivity contribution in [2.45, 2.75) is 39.5 Å². The molecule has 0 heterocycles. The van der Waals surface area contributed by atoms with Crippen LogP contribution < -0.4 is 0 Å². The van der Waals surface area contributed by atoms with Crippen molar-refractivity contribution in [3.8, 4) is 0 Å². The Balaban J connectivity index is 2.85. The minimum atomic E-state index is 0.249. The predicted octanol–water partition coefficient (Wildman–Crippen LogP) is 4.78. The van der Waals surface area contributed by atoms with Crippen LogP contribution in [0, 0.1) is 5.41 Å². The second kappa shape index (κ2) is 4.69. The van der Waals surface area contributed by atoms with E-state index < -0.39 is 0 Å². The van der Waals surface area contributed by atoms with Crippen molar-refractivity contribution in [1.82, 2.24) is 0 Å². The number of benzene rings is 1. The van der Waals surface area contributed by atoms with Crippen LogP contribution >= 0.6 is 15.9 Å². The Morgan fingerprint density at radius 3 is 2.00 bits per heavy atom. The third-order valence-corrected chi connectivity index (χ3v) is 4.36. The molecule has 0 spiro atoms. The van der Waals surface area contributed by atoms with Crippen molar-refractivity contribution in [1.29, 1.82) is 0 Å². The van der Waals surface area contributed by atoms with E-state index in [1.807, 2.05) is 0 Å². The van der Waals surface area contributed by atoms with Crippen LogP contribution in [0.5, 0.6) is 0 Å². The Bertz CT molecular complexity index is 298. The zero-order valence-electron chi connectivity index (χ0n) is 10.2. The highest BCUT2D eigenvalue weighted by molar-refractivity contribution is 9.09. The number of hydrogen-bond donors (Lipinski definition) is 0. The van der Waals surface area contributed by atoms with Crippen molar-refractivity contribution in [2.24, 2.45) is 5.41 Å². The molecule has 0 nitrogen and oxygen atoms in total. The lowest BCUT2D eigenvalue weighted by Gasteiger charge is -2.34. The second-order valence-corrected chi connectivity index (χ2v) is 6.29. The van der Waals surface area contributed by atoms with Crippen LogP contribution in [0.2, 0.25) is 0 Å². The van der Waals surface area contributed by atoms with Gasteiger partial charge >= 0.3 is 0 Å². The summed E-state index contributed by atoms with van der Waals surface area (Å²) < 4.78 is 0. The van der Waals surface area contributed by atoms with Gasteiger partial charge in [-0.2, -0.15) is 0 Å². The molecule has 0 atom stereocenters. The largest absolute Gasteiger partial charge is 0.0922 e. The smallest absolute Gasteiger partial charge is 0.00830 e. The van der Waals surface area contributed by atoms with E-state index in [2.05, 4.69) is 74.0 Å². The maximum Gasteiger partial charge on any atom is 0.00830 e. The summed E-state index contributed by atoms with van der Waals surface area (Å²) >= 11 is 3.60. The normalized spacial score (nSPS) is 12.9. The third-order valence-electron chi connectivity index (χ3n) is 2.84. The lowest BCUT2D eigenvalue weighted by Crippen LogP contribution is -2.27. The molecule has 0 amide bonds. The van der Waals surface area contributed by atoms with Gasteiger partial charge in [-0.05, 0) is 22.8 Å². The van der Waals surface area contributed by atoms with E-state index in [0.717, 1.165) is 5.33 Å². The van der Waals surface area contributed by atoms with Crippen LogP contribution in [0.25, 0.3) is 0 Å². The van der Waals surface area contributed by atoms with Crippen LogP contribution in [-0.2, 0) is 5.41 Å². The van der Waals surface area contributed by atoms with Gasteiger partial charge in [0.2, 0.25) is 0 Å². The van der Waals surface area contributed by atoms with Crippen LogP contribution in [0.4, 0.5) is 0 Å². The second-order valence-electron chi connectivity index (χ2n) is 5.72. The lowest BCUT2D eigenvalue weighted by molar-refractivity contribution is 0.292. The summed E-state index contributed by atoms with van der Waals surface area (Å²) in [6.45, 7) is 9.28. The number of hydrogen-bond acceptors (Lipinski definition) is 0. The van der Waals surface area contributed by atoms with Crippen molar-refractivity contribution < 1.29 is 0 Å². The van der Waals surface area contributed by atoms with Crippen LogP contribution in [-0.4, -0.2) is 5.33 Å². The van der Waals surface area contributed by atoms with Gasteiger partial charge < -0.3 is 0 Å². The number of rotatable bonds is 4. The standard InChI is InChI=1S/C14H21Br/c1-13(2,11-15)10-14(3,4)12-8-6-5-7-9-12/h5-9H,10-11H2,1-4H3. The van der Waals surface area contributed by atoms with Gasteiger partial charge in [-0.25, -0.2) is 0 Å². The summed E-state index contributed by atoms with van der Waals surface area (Å²) in [5.74, 6) is 0. The van der Waals surface area contributed by atoms with Crippen molar-refractivity contribution in [3.63, 3.8) is 0 Å². The summed E-state index contributed by atoms with van der Waals surface area (Å²) in [6, 6.07) is 10.8. The first-order valence-electron chi connectivity index (χ1n) is 5.49. The average molecular weight is 269 g/mol. The maximum absolute atomic E-state index is 3.60. The Morgan fingerprint density at radius 1 is 1.00 bits per heavy atom. The first-order chi connectivity index (χ1) is 6.87. The number of halogens is 1. The highest BCUT2D eigenvalue weighted by atomic mass is 79.9. The zero-order valence-corrected chi connectivity index (χ0v) is 11.8. The minimum Gasteiger partial charge on any atom is -0.0922 e. The molecule has 1 aromatic carbocycles. The molecule has 0 N–H and O–H groups in total. The summed E-state index contributed by atoms with van der Waals surface area (Å²) in [4.78, 5) is 0. The molecule has 0 aromatic heterocycles. The number of alkyl halides is 1. The van der Waals surface area contributed by atoms with Gasteiger partial charge in [-0.3, -0.25) is 0 Å². The van der Waals surface area contributed by atoms with Crippen LogP contribution in [0.3, 0.4) is 0 Å². The Morgan fingerprint density at radius 2 is 1.53 bits per heavy atom. The molecule has 0 aliphatic carbocycles. The minimum absolute atomic E-state index is 0.249. The van der Waals surface area contributed by atoms with Gasteiger partial charge in [0.15, 0.2) is 0 Å². The molecular formula is C14H21Br. The molecule has 0 aliphatic heterocycles. The van der Waals surface area contributed by atoms with Gasteiger partial charge in [-0.15, -0.1) is 0 Å². The van der Waals surface area contributed by atoms with Gasteiger partial charge in [0.25, 0.3) is 0 Å². The molecular weight excluding hydrogens is 248 g/mol. The van der Waals surface area contributed by atoms with Crippen molar-refractivity contribution >= 4 is 15.9 Å². The highest BCUT2D eigenvalue weighted by Gasteiger charge is 2.29. The zero-order chi connectivity index (χ0) is 11.5. The van der Waals surface area contributed by atoms with E-state index in [4.69, 9.17) is 0 Å². The molecule has 15 heavy (non-hydrogen) atoms. The molecule has 1 heteroatoms. The van der Waals surface area contributed by atoms with E-state index in [1.165, 1.54) is 12.0 Å². The molecule has 0 fully saturated rings. The van der Waals surface area contributed by atoms with Crippen LogP contribution in [0.1, 0.15) is 39.7 Å². The third kappa shape index (κ3) is 3.64. The van der Waals surface area contributed by atoms with Crippen molar-refractivity contribution in [2.75, 3.05) is 5.33 Å². The van der Waals surface area contributed by atoms with Gasteiger partial charge in [0, 0.05) is 5.33 Å². The first kappa shape index (κ1) is 12.8. The van der Waals surface area contributed by atoms with Gasteiger partial charge in [0.1, 0.15) is 0 Å². The average Bonchev–Trinajstić information content (AvgIpc) is 2.18. The molecule has 1 rings (SSSR count). The molecule has 0 saturated carbocycles. The Hall–Kier alpha value is -0.300. The topological polar surface area (TPSA) is 0 Å². The van der Waals surface area contributed by atoms with E-state index >= 15 is 0 Å². The monoisotopic (exact) mass is 268 g/mol. The van der Waals surface area contributed by atoms with Crippen LogP contribution in [0.15, 0.2) is 30.3 Å². The van der Waals surface area contributed by atoms with E-state index in [1.54, 1.807) is 0 Å². The molecule has 0 bridgehead atoms. The maximum atomic E-state index is 3.60. The molecule has 0 saturated heterocycles. The summed E-state index contributed by atoms with van der Waals surface area (Å²) in [5.41, 5.74) is 2.02. The summed E-state index contributed by atoms with van der Waals surface area (Å²) in [7, 11) is 0. The summed E-state index contributed by atoms with van der Waals surface area (Å²) in [6.07, 6.45) is 1.19. The van der Waals surface area contributed by atoms with E-state index in [-0.39, 0.29) is 5.41 Å². The molecule has 84 valence electrons.